The highest BCUT2D eigenvalue weighted by molar-refractivity contribution is 6.15. The van der Waals surface area contributed by atoms with Crippen LogP contribution in [0.3, 0.4) is 0 Å². The summed E-state index contributed by atoms with van der Waals surface area (Å²) in [5.41, 5.74) is 10.0. The summed E-state index contributed by atoms with van der Waals surface area (Å²) in [6.45, 7) is 0. The van der Waals surface area contributed by atoms with Gasteiger partial charge in [-0.25, -0.2) is 9.97 Å². The molecule has 0 saturated heterocycles. The Morgan fingerprint density at radius 3 is 1.89 bits per heavy atom. The molecule has 206 valence electrons. The molecule has 0 fully saturated rings. The van der Waals surface area contributed by atoms with Crippen LogP contribution in [-0.2, 0) is 0 Å². The Morgan fingerprint density at radius 1 is 0.432 bits per heavy atom. The second-order valence-electron chi connectivity index (χ2n) is 11.0. The van der Waals surface area contributed by atoms with E-state index in [1.807, 2.05) is 30.5 Å². The van der Waals surface area contributed by atoms with Crippen LogP contribution in [0, 0.1) is 0 Å². The number of rotatable bonds is 4. The van der Waals surface area contributed by atoms with Gasteiger partial charge in [-0.15, -0.1) is 0 Å². The molecule has 5 heterocycles. The van der Waals surface area contributed by atoms with E-state index in [1.165, 1.54) is 0 Å². The zero-order valence-corrected chi connectivity index (χ0v) is 23.7. The maximum atomic E-state index is 5.46. The van der Waals surface area contributed by atoms with Crippen molar-refractivity contribution in [3.63, 3.8) is 0 Å². The van der Waals surface area contributed by atoms with Gasteiger partial charge >= 0.3 is 0 Å². The smallest absolute Gasteiger partial charge is 0.149 e. The van der Waals surface area contributed by atoms with E-state index in [4.69, 9.17) is 15.0 Å². The number of nitrogens with zero attached hydrogens (tertiary/aromatic N) is 5. The first kappa shape index (κ1) is 24.5. The van der Waals surface area contributed by atoms with Gasteiger partial charge in [0.25, 0.3) is 0 Å². The minimum absolute atomic E-state index is 0.823. The number of benzene rings is 4. The number of aromatic nitrogens is 5. The van der Waals surface area contributed by atoms with Crippen molar-refractivity contribution in [2.45, 2.75) is 0 Å². The van der Waals surface area contributed by atoms with Crippen LogP contribution >= 0.6 is 0 Å². The Kier molecular flexibility index (Phi) is 5.43. The standard InChI is InChI=1S/C39H25N5/c1-4-13-26(14-5-1)28-23-33(27-15-6-2-7-16-27)41-36(24-28)44-34-20-11-10-19-30(34)31-25-32-37-35(21-12-22-40-37)43(39(32)42-38(31)44)29-17-8-3-9-18-29/h1-25H. The van der Waals surface area contributed by atoms with E-state index in [2.05, 4.69) is 130 Å². The minimum atomic E-state index is 0.823. The van der Waals surface area contributed by atoms with E-state index in [0.717, 1.165) is 77.9 Å². The molecule has 0 radical (unpaired) electrons. The zero-order valence-electron chi connectivity index (χ0n) is 23.7. The fourth-order valence-corrected chi connectivity index (χ4v) is 6.37. The molecule has 5 heteroatoms. The van der Waals surface area contributed by atoms with E-state index in [0.29, 0.717) is 0 Å². The van der Waals surface area contributed by atoms with Gasteiger partial charge in [0.2, 0.25) is 0 Å². The summed E-state index contributed by atoms with van der Waals surface area (Å²) >= 11 is 0. The van der Waals surface area contributed by atoms with Crippen molar-refractivity contribution in [3.05, 3.63) is 152 Å². The first-order chi connectivity index (χ1) is 21.8. The van der Waals surface area contributed by atoms with Gasteiger partial charge in [-0.2, -0.15) is 0 Å². The quantitative estimate of drug-likeness (QED) is 0.214. The lowest BCUT2D eigenvalue weighted by atomic mass is 10.0. The van der Waals surface area contributed by atoms with Crippen molar-refractivity contribution in [3.8, 4) is 33.9 Å². The molecule has 0 bridgehead atoms. The van der Waals surface area contributed by atoms with E-state index < -0.39 is 0 Å². The lowest BCUT2D eigenvalue weighted by Gasteiger charge is -2.13. The van der Waals surface area contributed by atoms with E-state index in [9.17, 15) is 0 Å². The van der Waals surface area contributed by atoms with Gasteiger partial charge in [0.1, 0.15) is 17.1 Å². The van der Waals surface area contributed by atoms with Gasteiger partial charge < -0.3 is 0 Å². The lowest BCUT2D eigenvalue weighted by Crippen LogP contribution is -2.02. The molecular weight excluding hydrogens is 538 g/mol. The fourth-order valence-electron chi connectivity index (χ4n) is 6.37. The summed E-state index contributed by atoms with van der Waals surface area (Å²) in [4.78, 5) is 15.6. The Morgan fingerprint density at radius 2 is 1.09 bits per heavy atom. The van der Waals surface area contributed by atoms with Gasteiger partial charge in [0.15, 0.2) is 0 Å². The first-order valence-electron chi connectivity index (χ1n) is 14.7. The van der Waals surface area contributed by atoms with Crippen LogP contribution in [0.2, 0.25) is 0 Å². The molecular formula is C39H25N5. The molecule has 0 amide bonds. The van der Waals surface area contributed by atoms with Crippen LogP contribution in [0.4, 0.5) is 0 Å². The summed E-state index contributed by atoms with van der Waals surface area (Å²) in [6, 6.07) is 50.4. The highest BCUT2D eigenvalue weighted by Crippen LogP contribution is 2.38. The molecule has 0 spiro atoms. The topological polar surface area (TPSA) is 48.5 Å². The van der Waals surface area contributed by atoms with Crippen LogP contribution in [-0.4, -0.2) is 24.1 Å². The summed E-state index contributed by atoms with van der Waals surface area (Å²) in [5.74, 6) is 0.823. The molecule has 5 nitrogen and oxygen atoms in total. The molecule has 4 aromatic carbocycles. The Labute approximate surface area is 253 Å². The van der Waals surface area contributed by atoms with Gasteiger partial charge in [-0.1, -0.05) is 97.1 Å². The molecule has 0 aliphatic carbocycles. The average molecular weight is 564 g/mol. The number of hydrogen-bond acceptors (Lipinski definition) is 3. The normalized spacial score (nSPS) is 11.6. The molecule has 44 heavy (non-hydrogen) atoms. The SMILES string of the molecule is c1ccc(-c2cc(-c3ccccc3)nc(-n3c4ccccc4c4cc5c6ncccc6n(-c6ccccc6)c5nc43)c2)cc1. The largest absolute Gasteiger partial charge is 0.292 e. The Balaban J connectivity index is 1.41. The number of para-hydroxylation sites is 2. The van der Waals surface area contributed by atoms with Gasteiger partial charge in [-0.3, -0.25) is 14.1 Å². The number of fused-ring (bicyclic) bond motifs is 6. The third-order valence-corrected chi connectivity index (χ3v) is 8.36. The molecule has 0 aliphatic heterocycles. The van der Waals surface area contributed by atoms with Crippen molar-refractivity contribution < 1.29 is 0 Å². The molecule has 0 saturated carbocycles. The monoisotopic (exact) mass is 563 g/mol. The van der Waals surface area contributed by atoms with Crippen molar-refractivity contribution in [1.82, 2.24) is 24.1 Å². The second-order valence-corrected chi connectivity index (χ2v) is 11.0. The van der Waals surface area contributed by atoms with Crippen molar-refractivity contribution in [2.75, 3.05) is 0 Å². The van der Waals surface area contributed by atoms with Crippen LogP contribution in [0.25, 0.3) is 77.9 Å². The number of pyridine rings is 3. The molecule has 9 aromatic rings. The predicted octanol–water partition coefficient (Wildman–Crippen LogP) is 9.40. The Bertz CT molecular complexity index is 2420. The lowest BCUT2D eigenvalue weighted by molar-refractivity contribution is 1.06. The highest BCUT2D eigenvalue weighted by Gasteiger charge is 2.21. The third kappa shape index (κ3) is 3.76. The average Bonchev–Trinajstić information content (AvgIpc) is 3.60. The maximum absolute atomic E-state index is 5.46. The predicted molar refractivity (Wildman–Crippen MR) is 179 cm³/mol. The second kappa shape index (κ2) is 9.75. The maximum Gasteiger partial charge on any atom is 0.149 e. The molecule has 0 N–H and O–H groups in total. The highest BCUT2D eigenvalue weighted by atomic mass is 15.1. The van der Waals surface area contributed by atoms with Crippen molar-refractivity contribution in [2.24, 2.45) is 0 Å². The van der Waals surface area contributed by atoms with Gasteiger partial charge in [0.05, 0.1) is 22.2 Å². The number of hydrogen-bond donors (Lipinski definition) is 0. The zero-order chi connectivity index (χ0) is 29.0. The minimum Gasteiger partial charge on any atom is -0.292 e. The van der Waals surface area contributed by atoms with E-state index in [1.54, 1.807) is 0 Å². The molecule has 5 aromatic heterocycles. The summed E-state index contributed by atoms with van der Waals surface area (Å²) in [7, 11) is 0. The van der Waals surface area contributed by atoms with Crippen LogP contribution < -0.4 is 0 Å². The van der Waals surface area contributed by atoms with E-state index in [-0.39, 0.29) is 0 Å². The van der Waals surface area contributed by atoms with Gasteiger partial charge in [-0.05, 0) is 59.7 Å². The molecule has 9 rings (SSSR count). The van der Waals surface area contributed by atoms with Crippen LogP contribution in [0.15, 0.2) is 152 Å². The summed E-state index contributed by atoms with van der Waals surface area (Å²) in [6.07, 6.45) is 1.86. The summed E-state index contributed by atoms with van der Waals surface area (Å²) < 4.78 is 4.42. The van der Waals surface area contributed by atoms with Gasteiger partial charge in [0, 0.05) is 33.6 Å². The van der Waals surface area contributed by atoms with Crippen LogP contribution in [0.1, 0.15) is 0 Å². The molecule has 0 aliphatic rings. The molecule has 0 unspecified atom stereocenters. The van der Waals surface area contributed by atoms with Crippen molar-refractivity contribution in [1.29, 1.82) is 0 Å². The fraction of sp³-hybridized carbons (Fsp3) is 0. The summed E-state index contributed by atoms with van der Waals surface area (Å²) in [5, 5.41) is 3.22. The first-order valence-corrected chi connectivity index (χ1v) is 14.7. The van der Waals surface area contributed by atoms with E-state index >= 15 is 0 Å². The Hall–Kier alpha value is -6.07. The van der Waals surface area contributed by atoms with Crippen LogP contribution in [0.5, 0.6) is 0 Å². The molecule has 0 atom stereocenters. The van der Waals surface area contributed by atoms with Crippen molar-refractivity contribution >= 4 is 44.0 Å². The third-order valence-electron chi connectivity index (χ3n) is 8.36.